The van der Waals surface area contributed by atoms with E-state index in [-0.39, 0.29) is 30.4 Å². The number of amides is 2. The third-order valence-corrected chi connectivity index (χ3v) is 6.44. The molecule has 0 radical (unpaired) electrons. The Morgan fingerprint density at radius 1 is 1.06 bits per heavy atom. The molecule has 2 aliphatic rings. The Balaban J connectivity index is 1.29. The van der Waals surface area contributed by atoms with Gasteiger partial charge in [0, 0.05) is 24.9 Å². The minimum absolute atomic E-state index is 0.0000210. The molecule has 7 heteroatoms. The maximum absolute atomic E-state index is 12.4. The number of carbonyl (C=O) groups excluding carboxylic acids is 2. The number of carboxylic acids is 1. The Morgan fingerprint density at radius 3 is 2.16 bits per heavy atom. The molecular formula is C24H26N2O5. The molecule has 1 saturated carbocycles. The van der Waals surface area contributed by atoms with E-state index in [9.17, 15) is 14.4 Å². The lowest BCUT2D eigenvalue weighted by molar-refractivity contribution is -0.151. The summed E-state index contributed by atoms with van der Waals surface area (Å²) in [5.74, 6) is -1.52. The van der Waals surface area contributed by atoms with Crippen LogP contribution in [0.1, 0.15) is 36.8 Å². The van der Waals surface area contributed by atoms with Crippen molar-refractivity contribution < 1.29 is 24.2 Å². The molecule has 1 atom stereocenters. The summed E-state index contributed by atoms with van der Waals surface area (Å²) in [6.07, 6.45) is 0.476. The lowest BCUT2D eigenvalue weighted by atomic mass is 9.79. The topological polar surface area (TPSA) is 95.9 Å². The molecule has 0 heterocycles. The van der Waals surface area contributed by atoms with E-state index < -0.39 is 18.1 Å². The van der Waals surface area contributed by atoms with Crippen LogP contribution in [0.15, 0.2) is 48.5 Å². The first kappa shape index (κ1) is 20.9. The van der Waals surface area contributed by atoms with Gasteiger partial charge in [-0.25, -0.2) is 9.59 Å². The number of carboxylic acid groups (broad SMARTS) is 1. The zero-order valence-electron chi connectivity index (χ0n) is 17.6. The maximum atomic E-state index is 12.4. The van der Waals surface area contributed by atoms with Crippen molar-refractivity contribution in [1.29, 1.82) is 0 Å². The highest BCUT2D eigenvalue weighted by Gasteiger charge is 2.39. The SMILES string of the molecule is C[C@@H](C(=O)O)N(C)C(=O)C1CC(NC(=O)OCC2c3ccccc3-c3ccccc32)C1. The maximum Gasteiger partial charge on any atom is 0.407 e. The number of hydrogen-bond donors (Lipinski definition) is 2. The predicted octanol–water partition coefficient (Wildman–Crippen LogP) is 3.24. The van der Waals surface area contributed by atoms with Gasteiger partial charge in [0.2, 0.25) is 5.91 Å². The number of aliphatic carboxylic acids is 1. The van der Waals surface area contributed by atoms with Gasteiger partial charge in [-0.05, 0) is 42.0 Å². The van der Waals surface area contributed by atoms with Crippen molar-refractivity contribution in [2.45, 2.75) is 37.8 Å². The molecule has 2 aromatic rings. The Kier molecular flexibility index (Phi) is 5.67. The van der Waals surface area contributed by atoms with Crippen LogP contribution in [0.3, 0.4) is 0 Å². The number of benzene rings is 2. The van der Waals surface area contributed by atoms with Crippen LogP contribution in [-0.4, -0.2) is 53.7 Å². The van der Waals surface area contributed by atoms with Gasteiger partial charge in [-0.3, -0.25) is 4.79 Å². The predicted molar refractivity (Wildman–Crippen MR) is 115 cm³/mol. The summed E-state index contributed by atoms with van der Waals surface area (Å²) in [6.45, 7) is 1.72. The van der Waals surface area contributed by atoms with Crippen LogP contribution in [0.25, 0.3) is 11.1 Å². The van der Waals surface area contributed by atoms with Gasteiger partial charge in [0.05, 0.1) is 0 Å². The number of carbonyl (C=O) groups is 3. The summed E-state index contributed by atoms with van der Waals surface area (Å²) in [4.78, 5) is 37.0. The van der Waals surface area contributed by atoms with Crippen LogP contribution in [0.4, 0.5) is 4.79 Å². The fourth-order valence-electron chi connectivity index (χ4n) is 4.39. The van der Waals surface area contributed by atoms with E-state index in [1.165, 1.54) is 30.0 Å². The fraction of sp³-hybridized carbons (Fsp3) is 0.375. The number of likely N-dealkylation sites (N-methyl/N-ethyl adjacent to an activating group) is 1. The van der Waals surface area contributed by atoms with E-state index in [4.69, 9.17) is 9.84 Å². The Labute approximate surface area is 181 Å². The van der Waals surface area contributed by atoms with Crippen LogP contribution in [0.2, 0.25) is 0 Å². The quantitative estimate of drug-likeness (QED) is 0.745. The Hall–Kier alpha value is -3.35. The summed E-state index contributed by atoms with van der Waals surface area (Å²) >= 11 is 0. The van der Waals surface area contributed by atoms with Gasteiger partial charge in [0.25, 0.3) is 0 Å². The molecule has 2 N–H and O–H groups in total. The van der Waals surface area contributed by atoms with Gasteiger partial charge in [-0.1, -0.05) is 48.5 Å². The molecule has 4 rings (SSSR count). The summed E-state index contributed by atoms with van der Waals surface area (Å²) < 4.78 is 5.54. The molecule has 0 aliphatic heterocycles. The number of fused-ring (bicyclic) bond motifs is 3. The molecule has 1 fully saturated rings. The number of hydrogen-bond acceptors (Lipinski definition) is 4. The second-order valence-electron chi connectivity index (χ2n) is 8.30. The smallest absolute Gasteiger partial charge is 0.407 e. The Morgan fingerprint density at radius 2 is 1.61 bits per heavy atom. The largest absolute Gasteiger partial charge is 0.480 e. The fourth-order valence-corrected chi connectivity index (χ4v) is 4.39. The molecule has 2 aromatic carbocycles. The highest BCUT2D eigenvalue weighted by atomic mass is 16.5. The lowest BCUT2D eigenvalue weighted by Gasteiger charge is -2.37. The molecule has 7 nitrogen and oxygen atoms in total. The first-order valence-corrected chi connectivity index (χ1v) is 10.5. The van der Waals surface area contributed by atoms with E-state index in [2.05, 4.69) is 29.6 Å². The van der Waals surface area contributed by atoms with Gasteiger partial charge in [-0.2, -0.15) is 0 Å². The van der Waals surface area contributed by atoms with Crippen LogP contribution >= 0.6 is 0 Å². The highest BCUT2D eigenvalue weighted by Crippen LogP contribution is 2.44. The monoisotopic (exact) mass is 422 g/mol. The average molecular weight is 422 g/mol. The zero-order valence-corrected chi connectivity index (χ0v) is 17.6. The van der Waals surface area contributed by atoms with Crippen molar-refractivity contribution in [2.24, 2.45) is 5.92 Å². The van der Waals surface area contributed by atoms with E-state index in [0.717, 1.165) is 11.1 Å². The molecule has 0 saturated heterocycles. The molecule has 0 bridgehead atoms. The van der Waals surface area contributed by atoms with E-state index in [0.29, 0.717) is 12.8 Å². The third kappa shape index (κ3) is 4.00. The van der Waals surface area contributed by atoms with Crippen molar-refractivity contribution in [2.75, 3.05) is 13.7 Å². The Bertz CT molecular complexity index is 969. The van der Waals surface area contributed by atoms with E-state index in [1.807, 2.05) is 24.3 Å². The second-order valence-corrected chi connectivity index (χ2v) is 8.30. The molecule has 31 heavy (non-hydrogen) atoms. The highest BCUT2D eigenvalue weighted by molar-refractivity contribution is 5.85. The van der Waals surface area contributed by atoms with E-state index in [1.54, 1.807) is 0 Å². The van der Waals surface area contributed by atoms with Crippen LogP contribution in [0.5, 0.6) is 0 Å². The number of nitrogens with one attached hydrogen (secondary N) is 1. The molecular weight excluding hydrogens is 396 g/mol. The minimum atomic E-state index is -1.04. The first-order chi connectivity index (χ1) is 14.9. The zero-order chi connectivity index (χ0) is 22.1. The molecule has 2 amide bonds. The number of nitrogens with zero attached hydrogens (tertiary/aromatic N) is 1. The lowest BCUT2D eigenvalue weighted by Crippen LogP contribution is -2.52. The summed E-state index contributed by atoms with van der Waals surface area (Å²) in [5.41, 5.74) is 4.65. The van der Waals surface area contributed by atoms with E-state index >= 15 is 0 Å². The molecule has 2 aliphatic carbocycles. The molecule has 0 spiro atoms. The van der Waals surface area contributed by atoms with Crippen molar-refractivity contribution in [3.05, 3.63) is 59.7 Å². The number of alkyl carbamates (subject to hydrolysis) is 1. The summed E-state index contributed by atoms with van der Waals surface area (Å²) in [5, 5.41) is 11.9. The third-order valence-electron chi connectivity index (χ3n) is 6.44. The summed E-state index contributed by atoms with van der Waals surface area (Å²) in [6, 6.07) is 15.3. The second kappa shape index (κ2) is 8.41. The van der Waals surface area contributed by atoms with Gasteiger partial charge >= 0.3 is 12.1 Å². The standard InChI is InChI=1S/C24H26N2O5/c1-14(23(28)29)26(2)22(27)15-11-16(12-15)25-24(30)31-13-21-19-9-5-3-7-17(19)18-8-4-6-10-20(18)21/h3-10,14-16,21H,11-13H2,1-2H3,(H,25,30)(H,28,29)/t14-,15?,16?/m0/s1. The number of rotatable bonds is 6. The molecule has 162 valence electrons. The normalized spacial score (nSPS) is 20.1. The van der Waals surface area contributed by atoms with Gasteiger partial charge in [0.15, 0.2) is 0 Å². The van der Waals surface area contributed by atoms with Gasteiger partial charge in [0.1, 0.15) is 12.6 Å². The van der Waals surface area contributed by atoms with Gasteiger partial charge in [-0.15, -0.1) is 0 Å². The van der Waals surface area contributed by atoms with Crippen molar-refractivity contribution in [3.8, 4) is 11.1 Å². The van der Waals surface area contributed by atoms with Crippen LogP contribution in [0, 0.1) is 5.92 Å². The van der Waals surface area contributed by atoms with Crippen LogP contribution < -0.4 is 5.32 Å². The van der Waals surface area contributed by atoms with Crippen molar-refractivity contribution in [3.63, 3.8) is 0 Å². The van der Waals surface area contributed by atoms with Crippen molar-refractivity contribution in [1.82, 2.24) is 10.2 Å². The first-order valence-electron chi connectivity index (χ1n) is 10.5. The van der Waals surface area contributed by atoms with Gasteiger partial charge < -0.3 is 20.1 Å². The molecule has 0 unspecified atom stereocenters. The minimum Gasteiger partial charge on any atom is -0.480 e. The summed E-state index contributed by atoms with van der Waals surface area (Å²) in [7, 11) is 1.49. The number of ether oxygens (including phenoxy) is 1. The molecule has 0 aromatic heterocycles. The van der Waals surface area contributed by atoms with Crippen LogP contribution in [-0.2, 0) is 14.3 Å². The van der Waals surface area contributed by atoms with Crippen molar-refractivity contribution >= 4 is 18.0 Å². The average Bonchev–Trinajstić information content (AvgIpc) is 3.06.